The molecule has 128 valence electrons. The zero-order valence-electron chi connectivity index (χ0n) is 12.7. The molecule has 10 nitrogen and oxygen atoms in total. The molecule has 3 rings (SSSR count). The second-order valence-corrected chi connectivity index (χ2v) is 4.93. The quantitative estimate of drug-likeness (QED) is 0.367. The molecule has 0 saturated heterocycles. The molecule has 1 aromatic heterocycles. The summed E-state index contributed by atoms with van der Waals surface area (Å²) >= 11 is 0. The molecule has 1 heterocycles. The maximum absolute atomic E-state index is 10.9. The molecule has 0 aliphatic heterocycles. The molecule has 0 atom stereocenters. The van der Waals surface area contributed by atoms with E-state index in [1.54, 1.807) is 6.07 Å². The molecule has 0 aliphatic carbocycles. The zero-order chi connectivity index (χ0) is 18.1. The Bertz CT molecular complexity index is 968. The van der Waals surface area contributed by atoms with Gasteiger partial charge in [0.2, 0.25) is 11.6 Å². The first-order chi connectivity index (χ1) is 11.9. The Kier molecular flexibility index (Phi) is 3.85. The number of ether oxygens (including phenoxy) is 1. The minimum atomic E-state index is -0.853. The second kappa shape index (κ2) is 6.00. The summed E-state index contributed by atoms with van der Waals surface area (Å²) in [6.45, 7) is 0. The third kappa shape index (κ3) is 2.87. The van der Waals surface area contributed by atoms with Gasteiger partial charge in [0.1, 0.15) is 0 Å². The number of nitro benzene ring substituents is 1. The number of hydrogen-bond acceptors (Lipinski definition) is 9. The minimum Gasteiger partial charge on any atom is -0.504 e. The molecule has 10 heteroatoms. The fraction of sp³-hybridized carbons (Fsp3) is 0.0667. The number of phenols is 3. The van der Waals surface area contributed by atoms with Crippen LogP contribution in [0.2, 0.25) is 0 Å². The van der Waals surface area contributed by atoms with E-state index >= 15 is 0 Å². The van der Waals surface area contributed by atoms with Crippen LogP contribution in [0.4, 0.5) is 5.69 Å². The number of aromatic nitrogens is 2. The van der Waals surface area contributed by atoms with E-state index in [-0.39, 0.29) is 28.8 Å². The first kappa shape index (κ1) is 16.1. The van der Waals surface area contributed by atoms with Crippen LogP contribution in [0.25, 0.3) is 22.8 Å². The summed E-state index contributed by atoms with van der Waals surface area (Å²) in [4.78, 5) is 14.1. The highest BCUT2D eigenvalue weighted by Crippen LogP contribution is 2.39. The Labute approximate surface area is 139 Å². The van der Waals surface area contributed by atoms with Crippen LogP contribution in [-0.2, 0) is 0 Å². The number of nitro groups is 1. The normalized spacial score (nSPS) is 10.6. The zero-order valence-corrected chi connectivity index (χ0v) is 12.7. The van der Waals surface area contributed by atoms with Crippen molar-refractivity contribution in [3.63, 3.8) is 0 Å². The van der Waals surface area contributed by atoms with E-state index in [2.05, 4.69) is 10.1 Å². The van der Waals surface area contributed by atoms with Crippen LogP contribution < -0.4 is 4.74 Å². The molecule has 0 aliphatic rings. The summed E-state index contributed by atoms with van der Waals surface area (Å²) in [5.74, 6) is -1.39. The Morgan fingerprint density at radius 2 is 1.84 bits per heavy atom. The van der Waals surface area contributed by atoms with Gasteiger partial charge in [0.25, 0.3) is 5.89 Å². The maximum atomic E-state index is 10.9. The Morgan fingerprint density at radius 1 is 1.12 bits per heavy atom. The molecular weight excluding hydrogens is 334 g/mol. The summed E-state index contributed by atoms with van der Waals surface area (Å²) in [7, 11) is 1.41. The van der Waals surface area contributed by atoms with Crippen LogP contribution in [0.1, 0.15) is 0 Å². The van der Waals surface area contributed by atoms with Crippen molar-refractivity contribution in [2.45, 2.75) is 0 Å². The first-order valence-electron chi connectivity index (χ1n) is 6.82. The van der Waals surface area contributed by atoms with Gasteiger partial charge in [-0.2, -0.15) is 4.98 Å². The summed E-state index contributed by atoms with van der Waals surface area (Å²) in [5.41, 5.74) is -0.221. The van der Waals surface area contributed by atoms with Gasteiger partial charge in [0, 0.05) is 11.6 Å². The lowest BCUT2D eigenvalue weighted by atomic mass is 10.1. The average Bonchev–Trinajstić information content (AvgIpc) is 3.07. The van der Waals surface area contributed by atoms with Gasteiger partial charge in [-0.05, 0) is 24.3 Å². The van der Waals surface area contributed by atoms with Crippen molar-refractivity contribution in [1.29, 1.82) is 0 Å². The van der Waals surface area contributed by atoms with Crippen molar-refractivity contribution in [2.75, 3.05) is 7.11 Å². The number of aromatic hydroxyl groups is 3. The fourth-order valence-electron chi connectivity index (χ4n) is 2.15. The van der Waals surface area contributed by atoms with Crippen LogP contribution in [-0.4, -0.2) is 37.5 Å². The summed E-state index contributed by atoms with van der Waals surface area (Å²) in [6, 6.07) is 6.52. The van der Waals surface area contributed by atoms with Gasteiger partial charge in [-0.1, -0.05) is 5.16 Å². The van der Waals surface area contributed by atoms with Crippen LogP contribution >= 0.6 is 0 Å². The van der Waals surface area contributed by atoms with Gasteiger partial charge >= 0.3 is 5.69 Å². The highest BCUT2D eigenvalue weighted by atomic mass is 16.6. The van der Waals surface area contributed by atoms with E-state index in [9.17, 15) is 25.4 Å². The van der Waals surface area contributed by atoms with E-state index in [0.29, 0.717) is 5.56 Å². The van der Waals surface area contributed by atoms with Crippen molar-refractivity contribution in [1.82, 2.24) is 10.1 Å². The van der Waals surface area contributed by atoms with Gasteiger partial charge in [-0.25, -0.2) is 0 Å². The Hall–Kier alpha value is -3.82. The minimum absolute atomic E-state index is 0.0542. The predicted octanol–water partition coefficient (Wildman–Crippen LogP) is 2.44. The maximum Gasteiger partial charge on any atom is 0.315 e. The number of hydrogen-bond donors (Lipinski definition) is 3. The van der Waals surface area contributed by atoms with Crippen molar-refractivity contribution in [3.05, 3.63) is 40.4 Å². The number of rotatable bonds is 4. The number of nitrogens with zero attached hydrogens (tertiary/aromatic N) is 3. The van der Waals surface area contributed by atoms with Gasteiger partial charge in [0.05, 0.1) is 17.6 Å². The number of methoxy groups -OCH3 is 1. The molecule has 0 saturated carbocycles. The molecule has 3 aromatic rings. The van der Waals surface area contributed by atoms with E-state index in [0.717, 1.165) is 12.1 Å². The van der Waals surface area contributed by atoms with E-state index in [4.69, 9.17) is 9.26 Å². The Morgan fingerprint density at radius 3 is 2.48 bits per heavy atom. The molecule has 0 bridgehead atoms. The van der Waals surface area contributed by atoms with Crippen molar-refractivity contribution >= 4 is 5.69 Å². The van der Waals surface area contributed by atoms with Crippen LogP contribution in [0, 0.1) is 10.1 Å². The molecule has 0 spiro atoms. The molecule has 0 fully saturated rings. The lowest BCUT2D eigenvalue weighted by molar-refractivity contribution is -0.385. The smallest absolute Gasteiger partial charge is 0.315 e. The topological polar surface area (TPSA) is 152 Å². The molecule has 25 heavy (non-hydrogen) atoms. The van der Waals surface area contributed by atoms with Crippen LogP contribution in [0.15, 0.2) is 34.9 Å². The van der Waals surface area contributed by atoms with E-state index in [1.807, 2.05) is 0 Å². The molecule has 0 unspecified atom stereocenters. The van der Waals surface area contributed by atoms with Crippen molar-refractivity contribution in [3.8, 4) is 45.8 Å². The third-order valence-corrected chi connectivity index (χ3v) is 3.38. The SMILES string of the molecule is COc1ccc(-c2noc(-c3cc(O)c(O)c([N+](=O)[O-])c3)n2)cc1O. The highest BCUT2D eigenvalue weighted by Gasteiger charge is 2.22. The molecule has 0 amide bonds. The summed E-state index contributed by atoms with van der Waals surface area (Å²) in [5, 5.41) is 43.6. The van der Waals surface area contributed by atoms with Gasteiger partial charge in [0.15, 0.2) is 17.2 Å². The molecule has 3 N–H and O–H groups in total. The van der Waals surface area contributed by atoms with Crippen LogP contribution in [0.5, 0.6) is 23.0 Å². The number of benzene rings is 2. The largest absolute Gasteiger partial charge is 0.504 e. The van der Waals surface area contributed by atoms with Gasteiger partial charge in [-0.3, -0.25) is 10.1 Å². The fourth-order valence-corrected chi connectivity index (χ4v) is 2.15. The predicted molar refractivity (Wildman–Crippen MR) is 83.4 cm³/mol. The number of phenolic OH excluding ortho intramolecular Hbond substituents is 3. The third-order valence-electron chi connectivity index (χ3n) is 3.38. The van der Waals surface area contributed by atoms with E-state index in [1.165, 1.54) is 19.2 Å². The van der Waals surface area contributed by atoms with Gasteiger partial charge in [-0.15, -0.1) is 0 Å². The van der Waals surface area contributed by atoms with Crippen LogP contribution in [0.3, 0.4) is 0 Å². The van der Waals surface area contributed by atoms with E-state index < -0.39 is 22.1 Å². The highest BCUT2D eigenvalue weighted by molar-refractivity contribution is 5.69. The van der Waals surface area contributed by atoms with Gasteiger partial charge < -0.3 is 24.6 Å². The molecular formula is C15H11N3O7. The Balaban J connectivity index is 2.02. The average molecular weight is 345 g/mol. The summed E-state index contributed by atoms with van der Waals surface area (Å²) in [6.07, 6.45) is 0. The van der Waals surface area contributed by atoms with Crippen molar-refractivity contribution < 1.29 is 29.5 Å². The second-order valence-electron chi connectivity index (χ2n) is 4.93. The van der Waals surface area contributed by atoms with Crippen molar-refractivity contribution in [2.24, 2.45) is 0 Å². The lowest BCUT2D eigenvalue weighted by Gasteiger charge is -2.03. The molecule has 0 radical (unpaired) electrons. The molecule has 2 aromatic carbocycles. The standard InChI is InChI=1S/C15H11N3O7/c1-24-12-3-2-7(5-10(12)19)14-16-15(25-17-14)8-4-9(18(22)23)13(21)11(20)6-8/h2-6,19-21H,1H3. The lowest BCUT2D eigenvalue weighted by Crippen LogP contribution is -1.90. The summed E-state index contributed by atoms with van der Waals surface area (Å²) < 4.78 is 9.98. The first-order valence-corrected chi connectivity index (χ1v) is 6.82. The monoisotopic (exact) mass is 345 g/mol.